The van der Waals surface area contributed by atoms with Crippen LogP contribution in [0, 0.1) is 17.3 Å². The summed E-state index contributed by atoms with van der Waals surface area (Å²) in [6.45, 7) is 6.55. The van der Waals surface area contributed by atoms with Crippen LogP contribution in [0.2, 0.25) is 0 Å². The molecule has 18 heavy (non-hydrogen) atoms. The smallest absolute Gasteiger partial charge is 0.169 e. The van der Waals surface area contributed by atoms with Crippen molar-refractivity contribution in [3.63, 3.8) is 0 Å². The van der Waals surface area contributed by atoms with Crippen molar-refractivity contribution in [1.29, 1.82) is 0 Å². The first kappa shape index (κ1) is 12.9. The van der Waals surface area contributed by atoms with Crippen molar-refractivity contribution in [1.82, 2.24) is 0 Å². The second kappa shape index (κ2) is 3.73. The Balaban J connectivity index is 2.04. The van der Waals surface area contributed by atoms with Crippen LogP contribution in [0.15, 0.2) is 0 Å². The molecule has 2 bridgehead atoms. The molecule has 2 aliphatic carbocycles. The fourth-order valence-electron chi connectivity index (χ4n) is 4.56. The van der Waals surface area contributed by atoms with Gasteiger partial charge in [-0.05, 0) is 51.9 Å². The Kier molecular flexibility index (Phi) is 2.68. The van der Waals surface area contributed by atoms with E-state index in [0.717, 1.165) is 25.7 Å². The summed E-state index contributed by atoms with van der Waals surface area (Å²) in [5.41, 5.74) is -0.643. The lowest BCUT2D eigenvalue weighted by atomic mass is 9.54. The monoisotopic (exact) mass is 270 g/mol. The Morgan fingerprint density at radius 1 is 1.28 bits per heavy atom. The summed E-state index contributed by atoms with van der Waals surface area (Å²) in [5.74, 6) is 1.28. The number of Topliss-reactive ketones (excluding diaryl/α,β-unsaturated/α-hetero) is 1. The predicted octanol–water partition coefficient (Wildman–Crippen LogP) is 3.56. The lowest BCUT2D eigenvalue weighted by Crippen LogP contribution is -2.59. The third-order valence-electron chi connectivity index (χ3n) is 5.97. The van der Waals surface area contributed by atoms with Gasteiger partial charge in [-0.3, -0.25) is 4.79 Å². The second-order valence-corrected chi connectivity index (χ2v) is 7.60. The summed E-state index contributed by atoms with van der Waals surface area (Å²) in [7, 11) is 0. The molecule has 4 atom stereocenters. The van der Waals surface area contributed by atoms with E-state index >= 15 is 0 Å². The zero-order valence-electron chi connectivity index (χ0n) is 11.6. The molecular weight excluding hydrogens is 248 g/mol. The molecule has 0 amide bonds. The molecule has 0 radical (unpaired) electrons. The lowest BCUT2D eigenvalue weighted by molar-refractivity contribution is -0.186. The summed E-state index contributed by atoms with van der Waals surface area (Å²) >= 11 is 5.98. The number of fused-ring (bicyclic) bond motifs is 1. The number of carbonyl (C=O) groups is 1. The maximum Gasteiger partial charge on any atom is 0.169 e. The van der Waals surface area contributed by atoms with E-state index in [1.807, 2.05) is 0 Å². The van der Waals surface area contributed by atoms with Crippen LogP contribution in [0.25, 0.3) is 0 Å². The number of hydrogen-bond donors (Lipinski definition) is 0. The molecule has 1 saturated heterocycles. The molecule has 1 heterocycles. The lowest BCUT2D eigenvalue weighted by Gasteiger charge is -2.52. The SMILES string of the molecule is CC1(C)O[C@]23C[C@H]1CC[C@]2(C)CC[C@@H](CCl)C3=O. The molecule has 0 N–H and O–H groups in total. The molecule has 1 spiro atoms. The first-order chi connectivity index (χ1) is 8.35. The summed E-state index contributed by atoms with van der Waals surface area (Å²) in [6.07, 6.45) is 5.27. The van der Waals surface area contributed by atoms with Crippen LogP contribution in [0.1, 0.15) is 52.9 Å². The predicted molar refractivity (Wildman–Crippen MR) is 71.8 cm³/mol. The molecule has 2 nitrogen and oxygen atoms in total. The van der Waals surface area contributed by atoms with E-state index < -0.39 is 5.60 Å². The number of rotatable bonds is 1. The molecule has 1 aliphatic heterocycles. The third-order valence-corrected chi connectivity index (χ3v) is 6.35. The Morgan fingerprint density at radius 2 is 1.94 bits per heavy atom. The quantitative estimate of drug-likeness (QED) is 0.681. The highest BCUT2D eigenvalue weighted by Gasteiger charge is 2.68. The van der Waals surface area contributed by atoms with Gasteiger partial charge >= 0.3 is 0 Å². The molecule has 0 aromatic rings. The van der Waals surface area contributed by atoms with E-state index in [0.29, 0.717) is 17.6 Å². The number of ether oxygens (including phenoxy) is 1. The topological polar surface area (TPSA) is 26.3 Å². The van der Waals surface area contributed by atoms with Gasteiger partial charge in [-0.15, -0.1) is 11.6 Å². The summed E-state index contributed by atoms with van der Waals surface area (Å²) in [5, 5.41) is 0. The zero-order chi connectivity index (χ0) is 13.2. The van der Waals surface area contributed by atoms with Crippen LogP contribution in [0.5, 0.6) is 0 Å². The highest BCUT2D eigenvalue weighted by atomic mass is 35.5. The molecular formula is C15H23ClO2. The van der Waals surface area contributed by atoms with Gasteiger partial charge in [0.15, 0.2) is 5.78 Å². The van der Waals surface area contributed by atoms with E-state index in [2.05, 4.69) is 20.8 Å². The Morgan fingerprint density at radius 3 is 2.61 bits per heavy atom. The van der Waals surface area contributed by atoms with E-state index in [-0.39, 0.29) is 16.9 Å². The molecule has 0 aromatic heterocycles. The maximum absolute atomic E-state index is 12.9. The standard InChI is InChI=1S/C15H23ClO2/c1-13(2)11-5-7-14(3)6-4-10(9-16)12(17)15(14,8-11)18-13/h10-11H,4-9H2,1-3H3/t10-,11+,14-,15-/m0/s1. The molecule has 3 aliphatic rings. The van der Waals surface area contributed by atoms with E-state index in [1.54, 1.807) is 0 Å². The largest absolute Gasteiger partial charge is 0.360 e. The normalized spacial score (nSPS) is 50.1. The van der Waals surface area contributed by atoms with Gasteiger partial charge in [0.2, 0.25) is 0 Å². The fraction of sp³-hybridized carbons (Fsp3) is 0.933. The third kappa shape index (κ3) is 1.42. The van der Waals surface area contributed by atoms with Crippen LogP contribution in [-0.2, 0) is 9.53 Å². The summed E-state index contributed by atoms with van der Waals surface area (Å²) in [4.78, 5) is 12.9. The van der Waals surface area contributed by atoms with Gasteiger partial charge in [0.1, 0.15) is 5.60 Å². The Labute approximate surface area is 114 Å². The average molecular weight is 271 g/mol. The second-order valence-electron chi connectivity index (χ2n) is 7.29. The molecule has 0 unspecified atom stereocenters. The fourth-order valence-corrected chi connectivity index (χ4v) is 4.85. The number of alkyl halides is 1. The number of carbonyl (C=O) groups excluding carboxylic acids is 1. The summed E-state index contributed by atoms with van der Waals surface area (Å²) < 4.78 is 6.40. The maximum atomic E-state index is 12.9. The minimum atomic E-state index is -0.531. The van der Waals surface area contributed by atoms with Gasteiger partial charge in [0, 0.05) is 17.2 Å². The van der Waals surface area contributed by atoms with E-state index in [9.17, 15) is 4.79 Å². The van der Waals surface area contributed by atoms with Gasteiger partial charge in [-0.1, -0.05) is 6.92 Å². The van der Waals surface area contributed by atoms with Crippen molar-refractivity contribution in [2.75, 3.05) is 5.88 Å². The van der Waals surface area contributed by atoms with Gasteiger partial charge in [0.25, 0.3) is 0 Å². The molecule has 0 aromatic carbocycles. The van der Waals surface area contributed by atoms with Crippen molar-refractivity contribution in [2.24, 2.45) is 17.3 Å². The number of halogens is 1. The zero-order valence-corrected chi connectivity index (χ0v) is 12.3. The van der Waals surface area contributed by atoms with Crippen LogP contribution in [-0.4, -0.2) is 22.9 Å². The Bertz CT molecular complexity index is 392. The van der Waals surface area contributed by atoms with Crippen LogP contribution < -0.4 is 0 Å². The first-order valence-corrected chi connectivity index (χ1v) is 7.69. The van der Waals surface area contributed by atoms with E-state index in [4.69, 9.17) is 16.3 Å². The van der Waals surface area contributed by atoms with Gasteiger partial charge in [-0.2, -0.15) is 0 Å². The van der Waals surface area contributed by atoms with Crippen molar-refractivity contribution >= 4 is 17.4 Å². The summed E-state index contributed by atoms with van der Waals surface area (Å²) in [6, 6.07) is 0. The highest BCUT2D eigenvalue weighted by molar-refractivity contribution is 6.19. The van der Waals surface area contributed by atoms with Crippen molar-refractivity contribution in [3.8, 4) is 0 Å². The molecule has 2 saturated carbocycles. The molecule has 102 valence electrons. The minimum absolute atomic E-state index is 0.00684. The van der Waals surface area contributed by atoms with Crippen LogP contribution in [0.4, 0.5) is 0 Å². The average Bonchev–Trinajstić information content (AvgIpc) is 2.54. The van der Waals surface area contributed by atoms with Crippen LogP contribution in [0.3, 0.4) is 0 Å². The molecule has 3 heteroatoms. The number of ketones is 1. The molecule has 3 rings (SSSR count). The highest BCUT2D eigenvalue weighted by Crippen LogP contribution is 2.63. The van der Waals surface area contributed by atoms with Gasteiger partial charge in [0.05, 0.1) is 5.60 Å². The number of hydrogen-bond acceptors (Lipinski definition) is 2. The Hall–Kier alpha value is -0.0800. The minimum Gasteiger partial charge on any atom is -0.360 e. The van der Waals surface area contributed by atoms with E-state index in [1.165, 1.54) is 6.42 Å². The van der Waals surface area contributed by atoms with Gasteiger partial charge < -0.3 is 4.74 Å². The molecule has 3 fully saturated rings. The first-order valence-electron chi connectivity index (χ1n) is 7.15. The van der Waals surface area contributed by atoms with Gasteiger partial charge in [-0.25, -0.2) is 0 Å². The van der Waals surface area contributed by atoms with Crippen LogP contribution >= 0.6 is 11.6 Å². The van der Waals surface area contributed by atoms with Crippen molar-refractivity contribution in [3.05, 3.63) is 0 Å². The van der Waals surface area contributed by atoms with Crippen molar-refractivity contribution in [2.45, 2.75) is 64.1 Å². The van der Waals surface area contributed by atoms with Crippen molar-refractivity contribution < 1.29 is 9.53 Å².